The molecule has 0 radical (unpaired) electrons. The van der Waals surface area contributed by atoms with Gasteiger partial charge in [0.15, 0.2) is 6.29 Å². The molecule has 3 amide bonds. The maximum absolute atomic E-state index is 13.8. The van der Waals surface area contributed by atoms with Gasteiger partial charge in [0.05, 0.1) is 10.6 Å². The zero-order valence-electron chi connectivity index (χ0n) is 27.6. The number of imide groups is 1. The Bertz CT molecular complexity index is 1690. The minimum Gasteiger partial charge on any atom is -0.396 e. The smallest absolute Gasteiger partial charge is 0.252 e. The molecule has 49 heavy (non-hydrogen) atoms. The summed E-state index contributed by atoms with van der Waals surface area (Å²) in [6, 6.07) is 7.82. The van der Waals surface area contributed by atoms with Gasteiger partial charge < -0.3 is 20.9 Å². The number of rotatable bonds is 9. The molecule has 1 unspecified atom stereocenters. The number of carbonyl (C=O) groups is 4. The van der Waals surface area contributed by atoms with E-state index in [4.69, 9.17) is 5.73 Å². The first-order valence-electron chi connectivity index (χ1n) is 17.2. The summed E-state index contributed by atoms with van der Waals surface area (Å²) < 4.78 is 42.2. The zero-order valence-corrected chi connectivity index (χ0v) is 28.4. The molecule has 2 aromatic carbocycles. The maximum Gasteiger partial charge on any atom is 0.252 e. The summed E-state index contributed by atoms with van der Waals surface area (Å²) in [6.07, 6.45) is 8.81. The van der Waals surface area contributed by atoms with Gasteiger partial charge in [0.1, 0.15) is 11.9 Å². The number of benzene rings is 2. The standard InChI is InChI=1S/C35H45FN6O6S/c36-29-20-27(6-8-30(29)37)49(47,48)40-25-3-1-23(2-4-25)21-41-15-11-35(12-16-41)13-17-42(18-14-35)26-5-7-28(24(19-26)22-43)33(45)38-31-9-10-32(44)39-34(31)46/h5-8,19-20,22-23,25,31,40H,1-4,9-18,21,37H2,(H,38,45)(H,39,44,46). The molecule has 1 aliphatic carbocycles. The third-order valence-corrected chi connectivity index (χ3v) is 12.5. The van der Waals surface area contributed by atoms with Gasteiger partial charge in [-0.15, -0.1) is 0 Å². The SMILES string of the molecule is Nc1ccc(S(=O)(=O)NC2CCC(CN3CCC4(CC3)CCN(c3ccc(C(=O)NC5CCC(=O)NC5=O)c(C=O)c3)CC4)CC2)cc1F. The van der Waals surface area contributed by atoms with Gasteiger partial charge in [-0.05, 0) is 119 Å². The van der Waals surface area contributed by atoms with Gasteiger partial charge in [0.2, 0.25) is 21.8 Å². The van der Waals surface area contributed by atoms with Gasteiger partial charge in [0.25, 0.3) is 5.91 Å². The van der Waals surface area contributed by atoms with E-state index in [0.717, 1.165) is 95.8 Å². The molecule has 6 rings (SSSR count). The largest absolute Gasteiger partial charge is 0.396 e. The Morgan fingerprint density at radius 1 is 0.980 bits per heavy atom. The average molecular weight is 697 g/mol. The minimum atomic E-state index is -3.81. The van der Waals surface area contributed by atoms with Crippen molar-refractivity contribution in [3.63, 3.8) is 0 Å². The topological polar surface area (TPSA) is 171 Å². The second-order valence-electron chi connectivity index (χ2n) is 14.2. The van der Waals surface area contributed by atoms with E-state index in [0.29, 0.717) is 17.6 Å². The summed E-state index contributed by atoms with van der Waals surface area (Å²) in [5, 5.41) is 4.87. The van der Waals surface area contributed by atoms with Crippen LogP contribution in [0.5, 0.6) is 0 Å². The van der Waals surface area contributed by atoms with Crippen molar-refractivity contribution in [3.05, 3.63) is 53.3 Å². The van der Waals surface area contributed by atoms with Gasteiger partial charge >= 0.3 is 0 Å². The Morgan fingerprint density at radius 3 is 2.33 bits per heavy atom. The monoisotopic (exact) mass is 696 g/mol. The number of nitrogens with zero attached hydrogens (tertiary/aromatic N) is 2. The molecule has 5 N–H and O–H groups in total. The molecule has 3 heterocycles. The number of carbonyl (C=O) groups excluding carboxylic acids is 4. The lowest BCUT2D eigenvalue weighted by atomic mass is 9.71. The van der Waals surface area contributed by atoms with Crippen molar-refractivity contribution in [2.75, 3.05) is 43.4 Å². The molecule has 1 saturated carbocycles. The molecule has 3 aliphatic heterocycles. The van der Waals surface area contributed by atoms with Crippen molar-refractivity contribution >= 4 is 45.4 Å². The lowest BCUT2D eigenvalue weighted by Gasteiger charge is -2.48. The number of likely N-dealkylation sites (tertiary alicyclic amines) is 1. The van der Waals surface area contributed by atoms with Crippen molar-refractivity contribution in [3.8, 4) is 0 Å². The fourth-order valence-electron chi connectivity index (χ4n) is 7.86. The van der Waals surface area contributed by atoms with Gasteiger partial charge in [-0.2, -0.15) is 0 Å². The van der Waals surface area contributed by atoms with Crippen LogP contribution in [0.2, 0.25) is 0 Å². The summed E-state index contributed by atoms with van der Waals surface area (Å²) in [7, 11) is -3.81. The van der Waals surface area contributed by atoms with Crippen LogP contribution < -0.4 is 26.0 Å². The summed E-state index contributed by atoms with van der Waals surface area (Å²) in [5.41, 5.74) is 7.07. The van der Waals surface area contributed by atoms with Gasteiger partial charge in [-0.3, -0.25) is 24.5 Å². The van der Waals surface area contributed by atoms with E-state index in [1.807, 2.05) is 6.07 Å². The van der Waals surface area contributed by atoms with Crippen LogP contribution in [0.1, 0.15) is 84.9 Å². The number of amides is 3. The quantitative estimate of drug-likeness (QED) is 0.175. The average Bonchev–Trinajstić information content (AvgIpc) is 3.09. The predicted molar refractivity (Wildman–Crippen MR) is 182 cm³/mol. The van der Waals surface area contributed by atoms with Crippen LogP contribution in [0.25, 0.3) is 0 Å². The third kappa shape index (κ3) is 8.13. The predicted octanol–water partition coefficient (Wildman–Crippen LogP) is 2.98. The Kier molecular flexibility index (Phi) is 10.4. The van der Waals surface area contributed by atoms with Crippen molar-refractivity contribution < 1.29 is 32.0 Å². The molecular formula is C35H45FN6O6S. The van der Waals surface area contributed by atoms with Crippen molar-refractivity contribution in [1.29, 1.82) is 0 Å². The van der Waals surface area contributed by atoms with Gasteiger partial charge in [0, 0.05) is 48.9 Å². The van der Waals surface area contributed by atoms with Gasteiger partial charge in [-0.1, -0.05) is 0 Å². The van der Waals surface area contributed by atoms with Crippen LogP contribution in [0.3, 0.4) is 0 Å². The normalized spacial score (nSPS) is 24.8. The number of nitrogen functional groups attached to an aromatic ring is 1. The number of hydrogen-bond donors (Lipinski definition) is 4. The Hall–Kier alpha value is -3.88. The summed E-state index contributed by atoms with van der Waals surface area (Å²) in [5.74, 6) is -1.63. The number of anilines is 2. The Labute approximate surface area is 286 Å². The fourth-order valence-corrected chi connectivity index (χ4v) is 9.17. The minimum absolute atomic E-state index is 0.0794. The lowest BCUT2D eigenvalue weighted by molar-refractivity contribution is -0.134. The number of aldehydes is 1. The summed E-state index contributed by atoms with van der Waals surface area (Å²) in [6.45, 7) is 4.83. The molecule has 2 aromatic rings. The second kappa shape index (κ2) is 14.5. The Morgan fingerprint density at radius 2 is 1.67 bits per heavy atom. The van der Waals surface area contributed by atoms with Crippen LogP contribution in [0, 0.1) is 17.2 Å². The van der Waals surface area contributed by atoms with Crippen molar-refractivity contribution in [2.45, 2.75) is 81.2 Å². The first kappa shape index (κ1) is 35.0. The molecule has 3 saturated heterocycles. The first-order chi connectivity index (χ1) is 23.4. The highest BCUT2D eigenvalue weighted by Crippen LogP contribution is 2.43. The first-order valence-corrected chi connectivity index (χ1v) is 18.7. The number of nitrogens with two attached hydrogens (primary N) is 1. The number of hydrogen-bond acceptors (Lipinski definition) is 9. The third-order valence-electron chi connectivity index (χ3n) is 11.0. The van der Waals surface area contributed by atoms with E-state index in [9.17, 15) is 32.0 Å². The van der Waals surface area contributed by atoms with Crippen LogP contribution >= 0.6 is 0 Å². The molecule has 4 aliphatic rings. The van der Waals surface area contributed by atoms with E-state index < -0.39 is 33.7 Å². The number of piperidine rings is 3. The van der Waals surface area contributed by atoms with Crippen LogP contribution in [0.15, 0.2) is 41.3 Å². The number of sulfonamides is 1. The number of nitrogens with one attached hydrogen (secondary N) is 3. The summed E-state index contributed by atoms with van der Waals surface area (Å²) >= 11 is 0. The molecule has 14 heteroatoms. The van der Waals surface area contributed by atoms with E-state index in [2.05, 4.69) is 25.2 Å². The summed E-state index contributed by atoms with van der Waals surface area (Å²) in [4.78, 5) is 53.1. The fraction of sp³-hybridized carbons (Fsp3) is 0.543. The molecule has 1 spiro atoms. The van der Waals surface area contributed by atoms with E-state index >= 15 is 0 Å². The highest BCUT2D eigenvalue weighted by Gasteiger charge is 2.38. The van der Waals surface area contributed by atoms with Crippen LogP contribution in [-0.2, 0) is 19.6 Å². The van der Waals surface area contributed by atoms with Crippen LogP contribution in [0.4, 0.5) is 15.8 Å². The van der Waals surface area contributed by atoms with E-state index in [1.54, 1.807) is 12.1 Å². The molecule has 264 valence electrons. The molecule has 0 bridgehead atoms. The number of halogens is 1. The lowest BCUT2D eigenvalue weighted by Crippen LogP contribution is -2.52. The van der Waals surface area contributed by atoms with E-state index in [1.165, 1.54) is 12.1 Å². The zero-order chi connectivity index (χ0) is 34.8. The molecule has 4 fully saturated rings. The van der Waals surface area contributed by atoms with Crippen molar-refractivity contribution in [1.82, 2.24) is 20.3 Å². The maximum atomic E-state index is 13.8. The highest BCUT2D eigenvalue weighted by molar-refractivity contribution is 7.89. The molecule has 1 atom stereocenters. The molecule has 0 aromatic heterocycles. The van der Waals surface area contributed by atoms with Gasteiger partial charge in [-0.25, -0.2) is 17.5 Å². The van der Waals surface area contributed by atoms with Crippen LogP contribution in [-0.4, -0.2) is 82.1 Å². The highest BCUT2D eigenvalue weighted by atomic mass is 32.2. The Balaban J connectivity index is 0.941. The van der Waals surface area contributed by atoms with Crippen molar-refractivity contribution in [2.24, 2.45) is 11.3 Å². The second-order valence-corrected chi connectivity index (χ2v) is 15.9. The molecular weight excluding hydrogens is 651 g/mol. The molecule has 12 nitrogen and oxygen atoms in total. The van der Waals surface area contributed by atoms with E-state index in [-0.39, 0.29) is 46.5 Å².